The van der Waals surface area contributed by atoms with Crippen molar-refractivity contribution < 1.29 is 28.7 Å². The summed E-state index contributed by atoms with van der Waals surface area (Å²) in [6, 6.07) is 8.13. The Labute approximate surface area is 157 Å². The standard InChI is InChI=1S/C19H24N2O6/c1-19(2,3)27-17(24)15-9-14(22)11-21(15)16(23)10-20-18(25)26-12-13-7-5-4-6-8-13/h4-8,15H,9-12H2,1-3H3,(H,20,25)/t15-/m0/s1. The van der Waals surface area contributed by atoms with Crippen molar-refractivity contribution in [2.24, 2.45) is 0 Å². The Morgan fingerprint density at radius 3 is 2.48 bits per heavy atom. The molecule has 1 aliphatic rings. The number of carbonyl (C=O) groups is 4. The molecule has 1 N–H and O–H groups in total. The Morgan fingerprint density at radius 2 is 1.85 bits per heavy atom. The van der Waals surface area contributed by atoms with E-state index < -0.39 is 29.6 Å². The first kappa shape index (κ1) is 20.4. The van der Waals surface area contributed by atoms with Gasteiger partial charge in [0.1, 0.15) is 24.8 Å². The van der Waals surface area contributed by atoms with Crippen molar-refractivity contribution in [2.45, 2.75) is 45.4 Å². The number of Topliss-reactive ketones (excluding diaryl/α,β-unsaturated/α-hetero) is 1. The molecule has 27 heavy (non-hydrogen) atoms. The maximum Gasteiger partial charge on any atom is 0.407 e. The van der Waals surface area contributed by atoms with Crippen LogP contribution in [0.5, 0.6) is 0 Å². The topological polar surface area (TPSA) is 102 Å². The van der Waals surface area contributed by atoms with Crippen molar-refractivity contribution >= 4 is 23.8 Å². The van der Waals surface area contributed by atoms with Crippen molar-refractivity contribution in [3.63, 3.8) is 0 Å². The quantitative estimate of drug-likeness (QED) is 0.780. The highest BCUT2D eigenvalue weighted by molar-refractivity contribution is 5.98. The lowest BCUT2D eigenvalue weighted by atomic mass is 10.1. The molecule has 146 valence electrons. The molecule has 8 nitrogen and oxygen atoms in total. The number of ketones is 1. The van der Waals surface area contributed by atoms with Crippen LogP contribution in [-0.4, -0.2) is 53.4 Å². The Morgan fingerprint density at radius 1 is 1.19 bits per heavy atom. The average Bonchev–Trinajstić information content (AvgIpc) is 2.99. The van der Waals surface area contributed by atoms with Gasteiger partial charge >= 0.3 is 12.1 Å². The molecule has 1 heterocycles. The summed E-state index contributed by atoms with van der Waals surface area (Å²) in [5.41, 5.74) is 0.0887. The zero-order valence-electron chi connectivity index (χ0n) is 15.7. The van der Waals surface area contributed by atoms with E-state index in [2.05, 4.69) is 5.32 Å². The molecule has 1 aromatic rings. The molecule has 1 fully saturated rings. The van der Waals surface area contributed by atoms with E-state index in [1.807, 2.05) is 18.2 Å². The van der Waals surface area contributed by atoms with Crippen LogP contribution < -0.4 is 5.32 Å². The molecular formula is C19H24N2O6. The van der Waals surface area contributed by atoms with Crippen LogP contribution in [0.3, 0.4) is 0 Å². The lowest BCUT2D eigenvalue weighted by Gasteiger charge is -2.26. The third-order valence-electron chi connectivity index (χ3n) is 3.74. The van der Waals surface area contributed by atoms with Gasteiger partial charge < -0.3 is 19.7 Å². The maximum atomic E-state index is 12.3. The van der Waals surface area contributed by atoms with Gasteiger partial charge in [-0.2, -0.15) is 0 Å². The van der Waals surface area contributed by atoms with Crippen LogP contribution in [0.15, 0.2) is 30.3 Å². The lowest BCUT2D eigenvalue weighted by molar-refractivity contribution is -0.163. The van der Waals surface area contributed by atoms with Crippen LogP contribution in [0, 0.1) is 0 Å². The predicted molar refractivity (Wildman–Crippen MR) is 95.6 cm³/mol. The van der Waals surface area contributed by atoms with E-state index in [0.717, 1.165) is 10.5 Å². The summed E-state index contributed by atoms with van der Waals surface area (Å²) in [6.07, 6.45) is -0.842. The SMILES string of the molecule is CC(C)(C)OC(=O)[C@@H]1CC(=O)CN1C(=O)CNC(=O)OCc1ccccc1. The molecule has 0 saturated carbocycles. The van der Waals surface area contributed by atoms with E-state index in [-0.39, 0.29) is 31.9 Å². The third kappa shape index (κ3) is 6.40. The number of amides is 2. The fraction of sp³-hybridized carbons (Fsp3) is 0.474. The van der Waals surface area contributed by atoms with Gasteiger partial charge in [0.2, 0.25) is 5.91 Å². The van der Waals surface area contributed by atoms with Crippen LogP contribution >= 0.6 is 0 Å². The Kier molecular flexibility index (Phi) is 6.55. The summed E-state index contributed by atoms with van der Waals surface area (Å²) in [5, 5.41) is 2.34. The number of esters is 1. The minimum Gasteiger partial charge on any atom is -0.458 e. The second-order valence-corrected chi connectivity index (χ2v) is 7.23. The number of nitrogens with zero attached hydrogens (tertiary/aromatic N) is 1. The normalized spacial score (nSPS) is 16.8. The fourth-order valence-electron chi connectivity index (χ4n) is 2.56. The monoisotopic (exact) mass is 376 g/mol. The fourth-order valence-corrected chi connectivity index (χ4v) is 2.56. The molecule has 1 aliphatic heterocycles. The molecule has 1 atom stereocenters. The molecule has 1 aromatic carbocycles. The van der Waals surface area contributed by atoms with Gasteiger partial charge in [0.25, 0.3) is 0 Å². The molecule has 1 saturated heterocycles. The second-order valence-electron chi connectivity index (χ2n) is 7.23. The first-order chi connectivity index (χ1) is 12.7. The van der Waals surface area contributed by atoms with Gasteiger partial charge in [0, 0.05) is 6.42 Å². The Bertz CT molecular complexity index is 711. The Hall–Kier alpha value is -2.90. The maximum absolute atomic E-state index is 12.3. The van der Waals surface area contributed by atoms with Crippen molar-refractivity contribution in [1.82, 2.24) is 10.2 Å². The first-order valence-corrected chi connectivity index (χ1v) is 8.64. The molecular weight excluding hydrogens is 352 g/mol. The predicted octanol–water partition coefficient (Wildman–Crippen LogP) is 1.42. The number of nitrogens with one attached hydrogen (secondary N) is 1. The van der Waals surface area contributed by atoms with Gasteiger partial charge in [-0.1, -0.05) is 30.3 Å². The van der Waals surface area contributed by atoms with E-state index in [1.54, 1.807) is 32.9 Å². The molecule has 0 unspecified atom stereocenters. The zero-order valence-corrected chi connectivity index (χ0v) is 15.7. The van der Waals surface area contributed by atoms with Crippen LogP contribution in [0.1, 0.15) is 32.8 Å². The molecule has 2 rings (SSSR count). The van der Waals surface area contributed by atoms with Gasteiger partial charge in [-0.05, 0) is 26.3 Å². The average molecular weight is 376 g/mol. The summed E-state index contributed by atoms with van der Waals surface area (Å²) < 4.78 is 10.3. The van der Waals surface area contributed by atoms with E-state index in [0.29, 0.717) is 0 Å². The molecule has 0 radical (unpaired) electrons. The number of rotatable bonds is 5. The molecule has 2 amide bonds. The summed E-state index contributed by atoms with van der Waals surface area (Å²) in [4.78, 5) is 49.2. The van der Waals surface area contributed by atoms with Crippen molar-refractivity contribution in [1.29, 1.82) is 0 Å². The second kappa shape index (κ2) is 8.66. The molecule has 0 bridgehead atoms. The lowest BCUT2D eigenvalue weighted by Crippen LogP contribution is -2.47. The van der Waals surface area contributed by atoms with Crippen molar-refractivity contribution in [2.75, 3.05) is 13.1 Å². The minimum absolute atomic E-state index is 0.0730. The van der Waals surface area contributed by atoms with Gasteiger partial charge in [-0.15, -0.1) is 0 Å². The molecule has 0 aliphatic carbocycles. The minimum atomic E-state index is -0.966. The van der Waals surface area contributed by atoms with Crippen molar-refractivity contribution in [3.8, 4) is 0 Å². The molecule has 8 heteroatoms. The van der Waals surface area contributed by atoms with Crippen LogP contribution in [0.4, 0.5) is 4.79 Å². The van der Waals surface area contributed by atoms with Crippen LogP contribution in [0.25, 0.3) is 0 Å². The molecule has 0 aromatic heterocycles. The van der Waals surface area contributed by atoms with Crippen LogP contribution in [-0.2, 0) is 30.5 Å². The number of hydrogen-bond donors (Lipinski definition) is 1. The van der Waals surface area contributed by atoms with E-state index in [9.17, 15) is 19.2 Å². The number of benzene rings is 1. The van der Waals surface area contributed by atoms with Gasteiger partial charge in [-0.25, -0.2) is 9.59 Å². The summed E-state index contributed by atoms with van der Waals surface area (Å²) in [6.45, 7) is 4.64. The summed E-state index contributed by atoms with van der Waals surface area (Å²) >= 11 is 0. The number of hydrogen-bond acceptors (Lipinski definition) is 6. The number of ether oxygens (including phenoxy) is 2. The summed E-state index contributed by atoms with van der Waals surface area (Å²) in [7, 11) is 0. The molecule has 0 spiro atoms. The highest BCUT2D eigenvalue weighted by atomic mass is 16.6. The first-order valence-electron chi connectivity index (χ1n) is 8.64. The highest BCUT2D eigenvalue weighted by Gasteiger charge is 2.40. The van der Waals surface area contributed by atoms with E-state index in [4.69, 9.17) is 9.47 Å². The Balaban J connectivity index is 1.85. The van der Waals surface area contributed by atoms with Gasteiger partial charge in [0.15, 0.2) is 5.78 Å². The smallest absolute Gasteiger partial charge is 0.407 e. The van der Waals surface area contributed by atoms with E-state index in [1.165, 1.54) is 0 Å². The zero-order chi connectivity index (χ0) is 20.0. The highest BCUT2D eigenvalue weighted by Crippen LogP contribution is 2.19. The number of carbonyl (C=O) groups excluding carboxylic acids is 4. The van der Waals surface area contributed by atoms with Crippen LogP contribution in [0.2, 0.25) is 0 Å². The largest absolute Gasteiger partial charge is 0.458 e. The third-order valence-corrected chi connectivity index (χ3v) is 3.74. The number of likely N-dealkylation sites (tertiary alicyclic amines) is 1. The van der Waals surface area contributed by atoms with E-state index >= 15 is 0 Å². The summed E-state index contributed by atoms with van der Waals surface area (Å²) in [5.74, 6) is -1.41. The number of alkyl carbamates (subject to hydrolysis) is 1. The van der Waals surface area contributed by atoms with Crippen molar-refractivity contribution in [3.05, 3.63) is 35.9 Å². The van der Waals surface area contributed by atoms with Gasteiger partial charge in [-0.3, -0.25) is 9.59 Å². The van der Waals surface area contributed by atoms with Gasteiger partial charge in [0.05, 0.1) is 6.54 Å².